The minimum Gasteiger partial charge on any atom is -0.341 e. The number of amides is 1. The molecular formula is C23H30N2O3S. The Morgan fingerprint density at radius 1 is 1.00 bits per heavy atom. The highest BCUT2D eigenvalue weighted by Gasteiger charge is 2.30. The molecule has 1 aliphatic heterocycles. The Labute approximate surface area is 174 Å². The van der Waals surface area contributed by atoms with Crippen LogP contribution in [-0.4, -0.2) is 38.9 Å². The lowest BCUT2D eigenvalue weighted by atomic mass is 9.99. The second-order valence-corrected chi connectivity index (χ2v) is 10.0. The highest BCUT2D eigenvalue weighted by atomic mass is 32.2. The Balaban J connectivity index is 1.96. The van der Waals surface area contributed by atoms with Crippen LogP contribution < -0.4 is 4.31 Å². The van der Waals surface area contributed by atoms with E-state index in [1.165, 1.54) is 4.31 Å². The van der Waals surface area contributed by atoms with Crippen LogP contribution in [-0.2, 0) is 14.8 Å². The van der Waals surface area contributed by atoms with Gasteiger partial charge < -0.3 is 4.90 Å². The predicted molar refractivity (Wildman–Crippen MR) is 117 cm³/mol. The maximum absolute atomic E-state index is 13.5. The minimum absolute atomic E-state index is 0.147. The lowest BCUT2D eigenvalue weighted by Crippen LogP contribution is -2.45. The summed E-state index contributed by atoms with van der Waals surface area (Å²) in [5.74, 6) is 0.456. The second-order valence-electron chi connectivity index (χ2n) is 8.16. The maximum Gasteiger partial charge on any atom is 0.264 e. The highest BCUT2D eigenvalue weighted by Crippen LogP contribution is 2.27. The van der Waals surface area contributed by atoms with E-state index in [0.29, 0.717) is 24.7 Å². The molecule has 0 spiro atoms. The van der Waals surface area contributed by atoms with Crippen LogP contribution >= 0.6 is 0 Å². The SMILES string of the molecule is Cc1ccc(S(=O)(=O)N(CC(=O)N2CCC(C)CC2)c2ccc(C)c(C)c2)cc1. The van der Waals surface area contributed by atoms with Gasteiger partial charge in [0, 0.05) is 13.1 Å². The van der Waals surface area contributed by atoms with E-state index in [1.807, 2.05) is 32.9 Å². The largest absolute Gasteiger partial charge is 0.341 e. The molecule has 0 saturated carbocycles. The van der Waals surface area contributed by atoms with Crippen LogP contribution in [0.4, 0.5) is 5.69 Å². The van der Waals surface area contributed by atoms with Gasteiger partial charge in [0.2, 0.25) is 5.91 Å². The van der Waals surface area contributed by atoms with Crippen LogP contribution in [0.3, 0.4) is 0 Å². The van der Waals surface area contributed by atoms with Gasteiger partial charge >= 0.3 is 0 Å². The number of sulfonamides is 1. The molecule has 156 valence electrons. The molecule has 2 aromatic rings. The molecule has 0 aliphatic carbocycles. The third-order valence-electron chi connectivity index (χ3n) is 5.80. The van der Waals surface area contributed by atoms with Gasteiger partial charge in [-0.05, 0) is 74.9 Å². The zero-order chi connectivity index (χ0) is 21.2. The summed E-state index contributed by atoms with van der Waals surface area (Å²) in [4.78, 5) is 15.0. The number of aryl methyl sites for hydroxylation is 3. The first-order valence-corrected chi connectivity index (χ1v) is 11.6. The third kappa shape index (κ3) is 4.81. The van der Waals surface area contributed by atoms with Gasteiger partial charge in [-0.2, -0.15) is 0 Å². The molecule has 6 heteroatoms. The van der Waals surface area contributed by atoms with Gasteiger partial charge in [0.25, 0.3) is 10.0 Å². The number of hydrogen-bond acceptors (Lipinski definition) is 3. The van der Waals surface area contributed by atoms with Crippen molar-refractivity contribution in [3.63, 3.8) is 0 Å². The second kappa shape index (κ2) is 8.57. The minimum atomic E-state index is -3.86. The molecule has 3 rings (SSSR count). The van der Waals surface area contributed by atoms with Crippen molar-refractivity contribution in [2.24, 2.45) is 5.92 Å². The van der Waals surface area contributed by atoms with Crippen molar-refractivity contribution in [3.05, 3.63) is 59.2 Å². The summed E-state index contributed by atoms with van der Waals surface area (Å²) in [5.41, 5.74) is 3.58. The standard InChI is InChI=1S/C23H30N2O3S/c1-17-5-9-22(10-6-17)29(27,28)25(21-8-7-19(3)20(4)15-21)16-23(26)24-13-11-18(2)12-14-24/h5-10,15,18H,11-14,16H2,1-4H3. The van der Waals surface area contributed by atoms with E-state index in [4.69, 9.17) is 0 Å². The van der Waals surface area contributed by atoms with Gasteiger partial charge in [0.05, 0.1) is 10.6 Å². The van der Waals surface area contributed by atoms with Gasteiger partial charge in [-0.1, -0.05) is 30.7 Å². The Kier molecular flexibility index (Phi) is 6.32. The molecule has 5 nitrogen and oxygen atoms in total. The van der Waals surface area contributed by atoms with Crippen molar-refractivity contribution in [2.75, 3.05) is 23.9 Å². The van der Waals surface area contributed by atoms with Crippen LogP contribution in [0.2, 0.25) is 0 Å². The number of piperidine rings is 1. The number of carbonyl (C=O) groups is 1. The van der Waals surface area contributed by atoms with Gasteiger partial charge in [0.1, 0.15) is 6.54 Å². The fourth-order valence-electron chi connectivity index (χ4n) is 3.51. The molecule has 0 N–H and O–H groups in total. The molecule has 29 heavy (non-hydrogen) atoms. The number of benzene rings is 2. The molecule has 1 aliphatic rings. The van der Waals surface area contributed by atoms with Crippen LogP contribution in [0.25, 0.3) is 0 Å². The lowest BCUT2D eigenvalue weighted by molar-refractivity contribution is -0.130. The Bertz CT molecular complexity index is 976. The summed E-state index contributed by atoms with van der Waals surface area (Å²) in [6, 6.07) is 12.3. The molecule has 0 unspecified atom stereocenters. The summed E-state index contributed by atoms with van der Waals surface area (Å²) >= 11 is 0. The number of nitrogens with zero attached hydrogens (tertiary/aromatic N) is 2. The van der Waals surface area contributed by atoms with E-state index in [-0.39, 0.29) is 17.3 Å². The summed E-state index contributed by atoms with van der Waals surface area (Å²) in [6.45, 7) is 9.22. The quantitative estimate of drug-likeness (QED) is 0.741. The van der Waals surface area contributed by atoms with E-state index in [0.717, 1.165) is 29.5 Å². The number of rotatable bonds is 5. The molecule has 1 saturated heterocycles. The van der Waals surface area contributed by atoms with Crippen molar-refractivity contribution >= 4 is 21.6 Å². The average molecular weight is 415 g/mol. The summed E-state index contributed by atoms with van der Waals surface area (Å²) < 4.78 is 28.2. The van der Waals surface area contributed by atoms with Crippen LogP contribution in [0.15, 0.2) is 47.4 Å². The molecule has 0 radical (unpaired) electrons. The number of hydrogen-bond donors (Lipinski definition) is 0. The number of anilines is 1. The van der Waals surface area contributed by atoms with Gasteiger partial charge in [-0.25, -0.2) is 8.42 Å². The van der Waals surface area contributed by atoms with E-state index in [2.05, 4.69) is 6.92 Å². The normalized spacial score (nSPS) is 15.4. The van der Waals surface area contributed by atoms with Crippen LogP contribution in [0.5, 0.6) is 0 Å². The van der Waals surface area contributed by atoms with E-state index < -0.39 is 10.0 Å². The molecule has 1 heterocycles. The predicted octanol–water partition coefficient (Wildman–Crippen LogP) is 4.07. The fourth-order valence-corrected chi connectivity index (χ4v) is 4.92. The van der Waals surface area contributed by atoms with Crippen molar-refractivity contribution in [3.8, 4) is 0 Å². The Morgan fingerprint density at radius 2 is 1.62 bits per heavy atom. The first kappa shape index (κ1) is 21.4. The van der Waals surface area contributed by atoms with Gasteiger partial charge in [0.15, 0.2) is 0 Å². The molecule has 1 fully saturated rings. The Hall–Kier alpha value is -2.34. The van der Waals surface area contributed by atoms with Crippen molar-refractivity contribution in [1.29, 1.82) is 0 Å². The van der Waals surface area contributed by atoms with Crippen molar-refractivity contribution in [2.45, 2.75) is 45.4 Å². The first-order valence-electron chi connectivity index (χ1n) is 10.1. The van der Waals surface area contributed by atoms with Gasteiger partial charge in [-0.3, -0.25) is 9.10 Å². The van der Waals surface area contributed by atoms with Crippen molar-refractivity contribution in [1.82, 2.24) is 4.90 Å². The zero-order valence-corrected chi connectivity index (χ0v) is 18.5. The Morgan fingerprint density at radius 3 is 2.21 bits per heavy atom. The number of carbonyl (C=O) groups excluding carboxylic acids is 1. The van der Waals surface area contributed by atoms with Crippen LogP contribution in [0, 0.1) is 26.7 Å². The molecule has 2 aromatic carbocycles. The average Bonchev–Trinajstić information content (AvgIpc) is 2.69. The zero-order valence-electron chi connectivity index (χ0n) is 17.7. The summed E-state index contributed by atoms with van der Waals surface area (Å²) in [7, 11) is -3.86. The summed E-state index contributed by atoms with van der Waals surface area (Å²) in [6.07, 6.45) is 1.92. The van der Waals surface area contributed by atoms with Gasteiger partial charge in [-0.15, -0.1) is 0 Å². The third-order valence-corrected chi connectivity index (χ3v) is 7.59. The molecule has 0 atom stereocenters. The number of likely N-dealkylation sites (tertiary alicyclic amines) is 1. The maximum atomic E-state index is 13.5. The summed E-state index contributed by atoms with van der Waals surface area (Å²) in [5, 5.41) is 0. The molecule has 0 bridgehead atoms. The van der Waals surface area contributed by atoms with E-state index >= 15 is 0 Å². The van der Waals surface area contributed by atoms with E-state index in [1.54, 1.807) is 35.2 Å². The lowest BCUT2D eigenvalue weighted by Gasteiger charge is -2.33. The molecular weight excluding hydrogens is 384 g/mol. The van der Waals surface area contributed by atoms with Crippen molar-refractivity contribution < 1.29 is 13.2 Å². The fraction of sp³-hybridized carbons (Fsp3) is 0.435. The van der Waals surface area contributed by atoms with E-state index in [9.17, 15) is 13.2 Å². The molecule has 1 amide bonds. The smallest absolute Gasteiger partial charge is 0.264 e. The topological polar surface area (TPSA) is 57.7 Å². The monoisotopic (exact) mass is 414 g/mol. The first-order chi connectivity index (χ1) is 13.7. The van der Waals surface area contributed by atoms with Crippen LogP contribution in [0.1, 0.15) is 36.5 Å². The molecule has 0 aromatic heterocycles. The highest BCUT2D eigenvalue weighted by molar-refractivity contribution is 7.92.